The summed E-state index contributed by atoms with van der Waals surface area (Å²) in [5.74, 6) is -0.255. The third-order valence-electron chi connectivity index (χ3n) is 5.15. The van der Waals surface area contributed by atoms with Gasteiger partial charge in [-0.15, -0.1) is 0 Å². The first kappa shape index (κ1) is 21.9. The first-order valence-electron chi connectivity index (χ1n) is 9.61. The minimum atomic E-state index is -3.54. The third kappa shape index (κ3) is 4.79. The van der Waals surface area contributed by atoms with E-state index < -0.39 is 9.84 Å². The lowest BCUT2D eigenvalue weighted by atomic mass is 10.1. The molecule has 1 N–H and O–H groups in total. The van der Waals surface area contributed by atoms with E-state index in [4.69, 9.17) is 0 Å². The highest BCUT2D eigenvalue weighted by Crippen LogP contribution is 2.40. The van der Waals surface area contributed by atoms with Crippen LogP contribution in [0, 0.1) is 13.8 Å². The molecule has 0 saturated heterocycles. The smallest absolute Gasteiger partial charge is 0.262 e. The highest BCUT2D eigenvalue weighted by Gasteiger charge is 2.25. The van der Waals surface area contributed by atoms with Crippen LogP contribution in [0.3, 0.4) is 0 Å². The number of carbonyl (C=O) groups is 1. The van der Waals surface area contributed by atoms with Crippen molar-refractivity contribution in [1.82, 2.24) is 0 Å². The number of aryl methyl sites for hydroxylation is 2. The maximum absolute atomic E-state index is 13.1. The predicted octanol–water partition coefficient (Wildman–Crippen LogP) is 6.13. The van der Waals surface area contributed by atoms with Crippen LogP contribution in [-0.4, -0.2) is 14.3 Å². The molecule has 0 unspecified atom stereocenters. The molecule has 7 heteroatoms. The summed E-state index contributed by atoms with van der Waals surface area (Å²) in [7, 11) is -3.54. The van der Waals surface area contributed by atoms with Crippen molar-refractivity contribution < 1.29 is 13.2 Å². The van der Waals surface area contributed by atoms with Crippen LogP contribution in [0.1, 0.15) is 22.3 Å². The number of hydrogen-bond acceptors (Lipinski definition) is 4. The van der Waals surface area contributed by atoms with Crippen LogP contribution < -0.4 is 5.32 Å². The lowest BCUT2D eigenvalue weighted by molar-refractivity contribution is -0.112. The molecule has 0 aliphatic carbocycles. The fourth-order valence-electron chi connectivity index (χ4n) is 3.39. The lowest BCUT2D eigenvalue weighted by Crippen LogP contribution is -2.17. The van der Waals surface area contributed by atoms with Gasteiger partial charge in [0.15, 0.2) is 9.84 Å². The number of nitrogens with one attached hydrogen (secondary N) is 1. The second-order valence-corrected chi connectivity index (χ2v) is 11.4. The maximum atomic E-state index is 13.1. The largest absolute Gasteiger partial charge is 0.320 e. The van der Waals surface area contributed by atoms with Gasteiger partial charge in [-0.05, 0) is 72.5 Å². The normalized spacial score (nSPS) is 14.9. The molecule has 1 aliphatic heterocycles. The van der Waals surface area contributed by atoms with Gasteiger partial charge in [-0.25, -0.2) is 8.42 Å². The summed E-state index contributed by atoms with van der Waals surface area (Å²) < 4.78 is 27.2. The van der Waals surface area contributed by atoms with Gasteiger partial charge in [-0.3, -0.25) is 4.79 Å². The van der Waals surface area contributed by atoms with E-state index in [0.717, 1.165) is 26.7 Å². The first-order valence-corrected chi connectivity index (χ1v) is 12.9. The van der Waals surface area contributed by atoms with Crippen LogP contribution in [-0.2, 0) is 20.4 Å². The van der Waals surface area contributed by atoms with E-state index >= 15 is 0 Å². The van der Waals surface area contributed by atoms with E-state index in [9.17, 15) is 13.2 Å². The fourth-order valence-corrected chi connectivity index (χ4v) is 6.29. The van der Waals surface area contributed by atoms with Crippen LogP contribution in [0.5, 0.6) is 0 Å². The van der Waals surface area contributed by atoms with Crippen molar-refractivity contribution in [3.63, 3.8) is 0 Å². The Labute approximate surface area is 194 Å². The van der Waals surface area contributed by atoms with Gasteiger partial charge in [-0.2, -0.15) is 0 Å². The maximum Gasteiger partial charge on any atom is 0.262 e. The Hall–Kier alpha value is -2.35. The van der Waals surface area contributed by atoms with E-state index in [-0.39, 0.29) is 16.6 Å². The zero-order valence-electron chi connectivity index (χ0n) is 17.0. The zero-order chi connectivity index (χ0) is 22.2. The second-order valence-electron chi connectivity index (χ2n) is 7.40. The lowest BCUT2D eigenvalue weighted by Gasteiger charge is -2.20. The van der Waals surface area contributed by atoms with Crippen LogP contribution >= 0.6 is 27.7 Å². The summed E-state index contributed by atoms with van der Waals surface area (Å²) in [6, 6.07) is 18.3. The molecule has 3 aromatic rings. The minimum Gasteiger partial charge on any atom is -0.320 e. The molecule has 0 aromatic heterocycles. The van der Waals surface area contributed by atoms with Gasteiger partial charge < -0.3 is 5.32 Å². The molecule has 0 spiro atoms. The molecular weight excluding hydrogens is 494 g/mol. The van der Waals surface area contributed by atoms with Crippen molar-refractivity contribution in [2.24, 2.45) is 0 Å². The Kier molecular flexibility index (Phi) is 6.10. The predicted molar refractivity (Wildman–Crippen MR) is 130 cm³/mol. The number of benzene rings is 3. The first-order chi connectivity index (χ1) is 14.7. The Morgan fingerprint density at radius 3 is 2.35 bits per heavy atom. The number of sulfone groups is 1. The van der Waals surface area contributed by atoms with Gasteiger partial charge in [0.1, 0.15) is 0 Å². The number of amides is 1. The van der Waals surface area contributed by atoms with Crippen molar-refractivity contribution in [2.45, 2.75) is 29.4 Å². The Morgan fingerprint density at radius 1 is 1.00 bits per heavy atom. The molecule has 31 heavy (non-hydrogen) atoms. The summed E-state index contributed by atoms with van der Waals surface area (Å²) >= 11 is 4.68. The topological polar surface area (TPSA) is 63.2 Å². The van der Waals surface area contributed by atoms with Crippen LogP contribution in [0.4, 0.5) is 5.69 Å². The molecule has 158 valence electrons. The number of hydrogen-bond donors (Lipinski definition) is 1. The molecule has 1 amide bonds. The Morgan fingerprint density at radius 2 is 1.68 bits per heavy atom. The summed E-state index contributed by atoms with van der Waals surface area (Å²) in [5.41, 5.74) is 4.26. The molecule has 1 aliphatic rings. The van der Waals surface area contributed by atoms with Gasteiger partial charge in [0.2, 0.25) is 0 Å². The van der Waals surface area contributed by atoms with Crippen molar-refractivity contribution in [3.05, 3.63) is 92.3 Å². The quantitative estimate of drug-likeness (QED) is 0.426. The number of thioether (sulfide) groups is 1. The van der Waals surface area contributed by atoms with E-state index in [1.165, 1.54) is 11.8 Å². The number of halogens is 1. The number of carbonyl (C=O) groups excluding carboxylic acids is 1. The van der Waals surface area contributed by atoms with Crippen molar-refractivity contribution >= 4 is 55.2 Å². The molecule has 1 heterocycles. The number of anilines is 1. The van der Waals surface area contributed by atoms with Crippen molar-refractivity contribution in [2.75, 3.05) is 5.32 Å². The van der Waals surface area contributed by atoms with Crippen molar-refractivity contribution in [1.29, 1.82) is 0 Å². The molecule has 4 nitrogen and oxygen atoms in total. The van der Waals surface area contributed by atoms with Gasteiger partial charge >= 0.3 is 0 Å². The third-order valence-corrected chi connectivity index (χ3v) is 8.40. The summed E-state index contributed by atoms with van der Waals surface area (Å²) in [6.45, 7) is 3.85. The van der Waals surface area contributed by atoms with Gasteiger partial charge in [-0.1, -0.05) is 58.0 Å². The standard InChI is InChI=1S/C24H20BrNO3S2/c1-15-4-3-5-16(2)20(15)14-31(28,29)19-10-11-21-22(13-19)30-23(24(27)26-21)12-17-6-8-18(25)9-7-17/h3-13H,14H2,1-2H3,(H,26,27). The monoisotopic (exact) mass is 513 g/mol. The molecule has 0 fully saturated rings. The molecule has 4 rings (SSSR count). The van der Waals surface area contributed by atoms with Crippen LogP contribution in [0.15, 0.2) is 79.8 Å². The highest BCUT2D eigenvalue weighted by atomic mass is 79.9. The van der Waals surface area contributed by atoms with Crippen LogP contribution in [0.25, 0.3) is 6.08 Å². The van der Waals surface area contributed by atoms with Crippen LogP contribution in [0.2, 0.25) is 0 Å². The highest BCUT2D eigenvalue weighted by molar-refractivity contribution is 9.10. The average Bonchev–Trinajstić information content (AvgIpc) is 2.73. The molecule has 0 saturated carbocycles. The Balaban J connectivity index is 1.65. The average molecular weight is 514 g/mol. The zero-order valence-corrected chi connectivity index (χ0v) is 20.2. The van der Waals surface area contributed by atoms with E-state index in [1.54, 1.807) is 24.3 Å². The SMILES string of the molecule is Cc1cccc(C)c1CS(=O)(=O)c1ccc2c(c1)SC(=Cc1ccc(Br)cc1)C(=O)N2. The Bertz CT molecular complexity index is 1290. The summed E-state index contributed by atoms with van der Waals surface area (Å²) in [6.07, 6.45) is 1.80. The number of rotatable bonds is 4. The van der Waals surface area contributed by atoms with Crippen molar-refractivity contribution in [3.8, 4) is 0 Å². The summed E-state index contributed by atoms with van der Waals surface area (Å²) in [5, 5.41) is 2.86. The number of fused-ring (bicyclic) bond motifs is 1. The van der Waals surface area contributed by atoms with Gasteiger partial charge in [0, 0.05) is 9.37 Å². The summed E-state index contributed by atoms with van der Waals surface area (Å²) in [4.78, 5) is 14.0. The molecular formula is C24H20BrNO3S2. The van der Waals surface area contributed by atoms with E-state index in [0.29, 0.717) is 15.5 Å². The molecule has 0 atom stereocenters. The molecule has 0 radical (unpaired) electrons. The van der Waals surface area contributed by atoms with E-state index in [1.807, 2.05) is 56.3 Å². The van der Waals surface area contributed by atoms with Gasteiger partial charge in [0.25, 0.3) is 5.91 Å². The molecule has 3 aromatic carbocycles. The van der Waals surface area contributed by atoms with E-state index in [2.05, 4.69) is 21.2 Å². The molecule has 0 bridgehead atoms. The fraction of sp³-hybridized carbons (Fsp3) is 0.125. The minimum absolute atomic E-state index is 0.0527. The van der Waals surface area contributed by atoms with Gasteiger partial charge in [0.05, 0.1) is 21.2 Å². The second kappa shape index (κ2) is 8.65.